The summed E-state index contributed by atoms with van der Waals surface area (Å²) in [7, 11) is 1.57. The second-order valence-corrected chi connectivity index (χ2v) is 6.63. The topological polar surface area (TPSA) is 104 Å². The molecule has 0 saturated carbocycles. The van der Waals surface area contributed by atoms with Gasteiger partial charge in [-0.05, 0) is 18.8 Å². The van der Waals surface area contributed by atoms with E-state index in [1.54, 1.807) is 11.9 Å². The van der Waals surface area contributed by atoms with Crippen LogP contribution in [0.3, 0.4) is 0 Å². The number of piperidine rings is 1. The van der Waals surface area contributed by atoms with Crippen molar-refractivity contribution >= 4 is 17.8 Å². The summed E-state index contributed by atoms with van der Waals surface area (Å²) < 4.78 is 0. The van der Waals surface area contributed by atoms with E-state index in [-0.39, 0.29) is 24.3 Å². The van der Waals surface area contributed by atoms with E-state index in [1.807, 2.05) is 13.8 Å². The van der Waals surface area contributed by atoms with E-state index in [0.29, 0.717) is 37.2 Å². The summed E-state index contributed by atoms with van der Waals surface area (Å²) in [6.07, 6.45) is 3.78. The molecule has 25 heavy (non-hydrogen) atoms. The number of likely N-dealkylation sites (N-methyl/N-ethyl adjacent to an activating group) is 1. The molecule has 1 fully saturated rings. The third kappa shape index (κ3) is 4.52. The average Bonchev–Trinajstić information content (AvgIpc) is 2.60. The van der Waals surface area contributed by atoms with Gasteiger partial charge >= 0.3 is 5.97 Å². The number of amides is 2. The summed E-state index contributed by atoms with van der Waals surface area (Å²) in [6, 6.07) is 0. The first-order valence-corrected chi connectivity index (χ1v) is 8.37. The van der Waals surface area contributed by atoms with E-state index >= 15 is 0 Å². The van der Waals surface area contributed by atoms with E-state index < -0.39 is 11.9 Å². The quantitative estimate of drug-likeness (QED) is 0.851. The number of likely N-dealkylation sites (tertiary alicyclic amines) is 1. The summed E-state index contributed by atoms with van der Waals surface area (Å²) in [5.41, 5.74) is 1.05. The first kappa shape index (κ1) is 18.8. The molecule has 0 unspecified atom stereocenters. The summed E-state index contributed by atoms with van der Waals surface area (Å²) in [5.74, 6) is -1.61. The summed E-state index contributed by atoms with van der Waals surface area (Å²) in [4.78, 5) is 47.1. The predicted molar refractivity (Wildman–Crippen MR) is 90.0 cm³/mol. The highest BCUT2D eigenvalue weighted by Crippen LogP contribution is 2.19. The molecule has 2 amide bonds. The van der Waals surface area contributed by atoms with Crippen molar-refractivity contribution in [3.05, 3.63) is 23.8 Å². The molecule has 0 radical (unpaired) electrons. The zero-order valence-electron chi connectivity index (χ0n) is 14.8. The van der Waals surface area contributed by atoms with Gasteiger partial charge in [0.05, 0.1) is 23.7 Å². The molecule has 1 aromatic rings. The van der Waals surface area contributed by atoms with Crippen LogP contribution in [0.1, 0.15) is 48.7 Å². The number of carbonyl (C=O) groups is 3. The maximum absolute atomic E-state index is 12.6. The van der Waals surface area contributed by atoms with Crippen LogP contribution in [0, 0.1) is 5.92 Å². The Labute approximate surface area is 146 Å². The zero-order chi connectivity index (χ0) is 18.6. The smallest absolute Gasteiger partial charge is 0.306 e. The molecule has 0 spiro atoms. The summed E-state index contributed by atoms with van der Waals surface area (Å²) in [5, 5.41) is 9.01. The van der Waals surface area contributed by atoms with Gasteiger partial charge in [0, 0.05) is 26.3 Å². The normalized spacial score (nSPS) is 15.3. The van der Waals surface area contributed by atoms with Gasteiger partial charge in [0.15, 0.2) is 0 Å². The van der Waals surface area contributed by atoms with Crippen LogP contribution < -0.4 is 0 Å². The molecule has 2 heterocycles. The standard InChI is InChI=1S/C17H24N4O4/c1-11(2)15-13(8-18-10-19-15)16(23)20(3)9-14(22)21-6-4-12(5-7-21)17(24)25/h8,10-12H,4-7,9H2,1-3H3,(H,24,25). The van der Waals surface area contributed by atoms with Crippen LogP contribution in [0.5, 0.6) is 0 Å². The van der Waals surface area contributed by atoms with Crippen molar-refractivity contribution in [1.82, 2.24) is 19.8 Å². The van der Waals surface area contributed by atoms with Gasteiger partial charge in [0.2, 0.25) is 5.91 Å². The Kier molecular flexibility index (Phi) is 6.06. The minimum Gasteiger partial charge on any atom is -0.481 e. The fraction of sp³-hybridized carbons (Fsp3) is 0.588. The average molecular weight is 348 g/mol. The number of nitrogens with zero attached hydrogens (tertiary/aromatic N) is 4. The number of hydrogen-bond donors (Lipinski definition) is 1. The maximum atomic E-state index is 12.6. The molecule has 0 atom stereocenters. The lowest BCUT2D eigenvalue weighted by Gasteiger charge is -2.31. The van der Waals surface area contributed by atoms with Gasteiger partial charge in [-0.3, -0.25) is 14.4 Å². The number of carbonyl (C=O) groups excluding carboxylic acids is 2. The maximum Gasteiger partial charge on any atom is 0.306 e. The Bertz CT molecular complexity index is 654. The molecule has 2 rings (SSSR count). The second kappa shape index (κ2) is 8.04. The molecular formula is C17H24N4O4. The highest BCUT2D eigenvalue weighted by molar-refractivity contribution is 5.97. The third-order valence-corrected chi connectivity index (χ3v) is 4.44. The van der Waals surface area contributed by atoms with Crippen LogP contribution in [0.25, 0.3) is 0 Å². The SMILES string of the molecule is CC(C)c1ncncc1C(=O)N(C)CC(=O)N1CCC(C(=O)O)CC1. The van der Waals surface area contributed by atoms with Crippen molar-refractivity contribution in [3.8, 4) is 0 Å². The van der Waals surface area contributed by atoms with Crippen molar-refractivity contribution in [3.63, 3.8) is 0 Å². The summed E-state index contributed by atoms with van der Waals surface area (Å²) >= 11 is 0. The molecular weight excluding hydrogens is 324 g/mol. The Morgan fingerprint density at radius 2 is 1.96 bits per heavy atom. The lowest BCUT2D eigenvalue weighted by Crippen LogP contribution is -2.45. The van der Waals surface area contributed by atoms with Crippen LogP contribution in [-0.4, -0.2) is 69.3 Å². The van der Waals surface area contributed by atoms with Crippen molar-refractivity contribution in [1.29, 1.82) is 0 Å². The highest BCUT2D eigenvalue weighted by Gasteiger charge is 2.28. The van der Waals surface area contributed by atoms with Crippen LogP contribution in [0.4, 0.5) is 0 Å². The minimum absolute atomic E-state index is 0.0526. The van der Waals surface area contributed by atoms with Gasteiger partial charge in [0.1, 0.15) is 6.33 Å². The molecule has 0 aliphatic carbocycles. The van der Waals surface area contributed by atoms with Crippen LogP contribution in [0.2, 0.25) is 0 Å². The fourth-order valence-electron chi connectivity index (χ4n) is 2.92. The van der Waals surface area contributed by atoms with Gasteiger partial charge < -0.3 is 14.9 Å². The molecule has 8 nitrogen and oxygen atoms in total. The Morgan fingerprint density at radius 3 is 2.52 bits per heavy atom. The Hall–Kier alpha value is -2.51. The number of aromatic nitrogens is 2. The molecule has 1 N–H and O–H groups in total. The van der Waals surface area contributed by atoms with Crippen molar-refractivity contribution < 1.29 is 19.5 Å². The molecule has 1 aromatic heterocycles. The molecule has 1 aliphatic heterocycles. The van der Waals surface area contributed by atoms with E-state index in [9.17, 15) is 14.4 Å². The fourth-order valence-corrected chi connectivity index (χ4v) is 2.92. The second-order valence-electron chi connectivity index (χ2n) is 6.63. The first-order chi connectivity index (χ1) is 11.8. The summed E-state index contributed by atoms with van der Waals surface area (Å²) in [6.45, 7) is 4.64. The zero-order valence-corrected chi connectivity index (χ0v) is 14.8. The number of carboxylic acid groups (broad SMARTS) is 1. The lowest BCUT2D eigenvalue weighted by atomic mass is 9.97. The van der Waals surface area contributed by atoms with Crippen molar-refractivity contribution in [2.75, 3.05) is 26.7 Å². The molecule has 1 aliphatic rings. The predicted octanol–water partition coefficient (Wildman–Crippen LogP) is 0.995. The largest absolute Gasteiger partial charge is 0.481 e. The molecule has 0 bridgehead atoms. The van der Waals surface area contributed by atoms with Gasteiger partial charge in [0.25, 0.3) is 5.91 Å². The van der Waals surface area contributed by atoms with E-state index in [2.05, 4.69) is 9.97 Å². The van der Waals surface area contributed by atoms with Crippen LogP contribution in [-0.2, 0) is 9.59 Å². The van der Waals surface area contributed by atoms with Crippen LogP contribution >= 0.6 is 0 Å². The number of rotatable bonds is 5. The van der Waals surface area contributed by atoms with E-state index in [4.69, 9.17) is 5.11 Å². The van der Waals surface area contributed by atoms with E-state index in [0.717, 1.165) is 0 Å². The molecule has 136 valence electrons. The van der Waals surface area contributed by atoms with Gasteiger partial charge in [-0.1, -0.05) is 13.8 Å². The number of hydrogen-bond acceptors (Lipinski definition) is 5. The van der Waals surface area contributed by atoms with Gasteiger partial charge in [-0.2, -0.15) is 0 Å². The molecule has 1 saturated heterocycles. The Morgan fingerprint density at radius 1 is 1.32 bits per heavy atom. The first-order valence-electron chi connectivity index (χ1n) is 8.37. The monoisotopic (exact) mass is 348 g/mol. The third-order valence-electron chi connectivity index (χ3n) is 4.44. The number of aliphatic carboxylic acids is 1. The highest BCUT2D eigenvalue weighted by atomic mass is 16.4. The number of carboxylic acids is 1. The van der Waals surface area contributed by atoms with Crippen LogP contribution in [0.15, 0.2) is 12.5 Å². The van der Waals surface area contributed by atoms with Crippen molar-refractivity contribution in [2.45, 2.75) is 32.6 Å². The van der Waals surface area contributed by atoms with Gasteiger partial charge in [-0.15, -0.1) is 0 Å². The molecule has 0 aromatic carbocycles. The van der Waals surface area contributed by atoms with Crippen molar-refractivity contribution in [2.24, 2.45) is 5.92 Å². The van der Waals surface area contributed by atoms with Gasteiger partial charge in [-0.25, -0.2) is 9.97 Å². The molecule has 8 heteroatoms. The van der Waals surface area contributed by atoms with E-state index in [1.165, 1.54) is 17.4 Å². The lowest BCUT2D eigenvalue weighted by molar-refractivity contribution is -0.145. The minimum atomic E-state index is -0.815. The Balaban J connectivity index is 1.98.